The van der Waals surface area contributed by atoms with E-state index >= 15 is 0 Å². The predicted octanol–water partition coefficient (Wildman–Crippen LogP) is -5.10. The van der Waals surface area contributed by atoms with Gasteiger partial charge in [-0.3, -0.25) is 4.79 Å². The molecule has 10 heteroatoms. The Balaban J connectivity index is -0.00000000161. The third kappa shape index (κ3) is 84.9. The van der Waals surface area contributed by atoms with Crippen molar-refractivity contribution in [1.29, 1.82) is 0 Å². The third-order valence-corrected chi connectivity index (χ3v) is 0. The van der Waals surface area contributed by atoms with Gasteiger partial charge in [0.05, 0.1) is 0 Å². The Morgan fingerprint density at radius 3 is 0.750 bits per heavy atom. The number of carboxylic acids is 1. The van der Waals surface area contributed by atoms with Gasteiger partial charge in [0.25, 0.3) is 5.97 Å². The van der Waals surface area contributed by atoms with E-state index in [1.54, 1.807) is 0 Å². The molecule has 0 atom stereocenters. The van der Waals surface area contributed by atoms with Gasteiger partial charge in [-0.25, -0.2) is 0 Å². The Morgan fingerprint density at radius 1 is 0.750 bits per heavy atom. The van der Waals surface area contributed by atoms with Crippen LogP contribution in [0, 0.1) is 0 Å². The molecule has 0 saturated carbocycles. The maximum absolute atomic E-state index is 9.00. The van der Waals surface area contributed by atoms with Crippen molar-refractivity contribution in [2.24, 2.45) is 0 Å². The fraction of sp³-hybridized carbons (Fsp3) is 0.500. The van der Waals surface area contributed by atoms with E-state index in [4.69, 9.17) is 9.90 Å². The molecular formula is C2H12Na8O2. The molecule has 2 nitrogen and oxygen atoms in total. The van der Waals surface area contributed by atoms with Crippen molar-refractivity contribution in [3.63, 3.8) is 0 Å². The van der Waals surface area contributed by atoms with Crippen molar-refractivity contribution in [2.75, 3.05) is 0 Å². The van der Waals surface area contributed by atoms with Crippen LogP contribution >= 0.6 is 0 Å². The molecule has 0 fully saturated rings. The molecule has 0 radical (unpaired) electrons. The zero-order valence-electron chi connectivity index (χ0n) is 2.36. The molecule has 0 heterocycles. The Morgan fingerprint density at radius 2 is 0.750 bits per heavy atom. The summed E-state index contributed by atoms with van der Waals surface area (Å²) in [5, 5.41) is 7.42. The Hall–Kier alpha value is 7.47. The average molecular weight is 252 g/mol. The van der Waals surface area contributed by atoms with Crippen LogP contribution < -0.4 is 0 Å². The van der Waals surface area contributed by atoms with E-state index < -0.39 is 5.97 Å². The number of aliphatic carboxylic acids is 1. The molecule has 1 N–H and O–H groups in total. The van der Waals surface area contributed by atoms with Gasteiger partial charge in [0.2, 0.25) is 0 Å². The zero-order valence-corrected chi connectivity index (χ0v) is 2.36. The first kappa shape index (κ1) is 60.6. The summed E-state index contributed by atoms with van der Waals surface area (Å²) in [5.74, 6) is -0.833. The predicted molar refractivity (Wildman–Crippen MR) is 70.5 cm³/mol. The van der Waals surface area contributed by atoms with Crippen molar-refractivity contribution in [1.82, 2.24) is 0 Å². The van der Waals surface area contributed by atoms with Crippen LogP contribution in [0.3, 0.4) is 0 Å². The molecule has 0 aliphatic carbocycles. The molecule has 0 aromatic heterocycles. The first-order valence-electron chi connectivity index (χ1n) is 0.928. The van der Waals surface area contributed by atoms with Crippen molar-refractivity contribution in [2.45, 2.75) is 6.92 Å². The van der Waals surface area contributed by atoms with Crippen LogP contribution in [0.5, 0.6) is 0 Å². The Bertz CT molecular complexity index is 38.0. The summed E-state index contributed by atoms with van der Waals surface area (Å²) in [7, 11) is 0. The fourth-order valence-electron chi connectivity index (χ4n) is 0. The van der Waals surface area contributed by atoms with Gasteiger partial charge in [0, 0.05) is 6.92 Å². The van der Waals surface area contributed by atoms with E-state index in [1.807, 2.05) is 0 Å². The van der Waals surface area contributed by atoms with E-state index in [-0.39, 0.29) is 236 Å². The van der Waals surface area contributed by atoms with E-state index in [0.717, 1.165) is 6.92 Å². The van der Waals surface area contributed by atoms with Gasteiger partial charge in [-0.15, -0.1) is 0 Å². The fourth-order valence-corrected chi connectivity index (χ4v) is 0. The SMILES string of the molecule is CC(=O)O.[NaH].[NaH].[NaH].[NaH].[NaH].[NaH].[NaH].[NaH]. The van der Waals surface area contributed by atoms with Crippen molar-refractivity contribution in [3.05, 3.63) is 0 Å². The van der Waals surface area contributed by atoms with Gasteiger partial charge in [0.15, 0.2) is 0 Å². The van der Waals surface area contributed by atoms with Crippen LogP contribution in [0.1, 0.15) is 6.92 Å². The van der Waals surface area contributed by atoms with E-state index in [1.165, 1.54) is 0 Å². The van der Waals surface area contributed by atoms with Crippen LogP contribution in [-0.4, -0.2) is 248 Å². The van der Waals surface area contributed by atoms with E-state index in [0.29, 0.717) is 0 Å². The van der Waals surface area contributed by atoms with Crippen LogP contribution in [0.25, 0.3) is 0 Å². The molecule has 0 spiro atoms. The van der Waals surface area contributed by atoms with Crippen molar-refractivity contribution >= 4 is 242 Å². The molecule has 0 bridgehead atoms. The second kappa shape index (κ2) is 51.4. The molecule has 0 aliphatic rings. The van der Waals surface area contributed by atoms with Crippen LogP contribution in [0.2, 0.25) is 0 Å². The zero-order chi connectivity index (χ0) is 3.58. The Kier molecular flexibility index (Phi) is 260. The molecule has 0 aromatic rings. The molecule has 12 heavy (non-hydrogen) atoms. The summed E-state index contributed by atoms with van der Waals surface area (Å²) in [6.45, 7) is 1.08. The van der Waals surface area contributed by atoms with Gasteiger partial charge < -0.3 is 5.11 Å². The second-order valence-electron chi connectivity index (χ2n) is 0.519. The van der Waals surface area contributed by atoms with Crippen molar-refractivity contribution in [3.8, 4) is 0 Å². The quantitative estimate of drug-likeness (QED) is 0.438. The minimum absolute atomic E-state index is 0. The van der Waals surface area contributed by atoms with Gasteiger partial charge in [-0.1, -0.05) is 0 Å². The molecule has 0 aliphatic heterocycles. The standard InChI is InChI=1S/C2H4O2.8Na.8H/c1-2(3)4;;;;;;;;;;;;;;;;/h1H3,(H,3,4);;;;;;;;;;;;;;;;. The van der Waals surface area contributed by atoms with Gasteiger partial charge >= 0.3 is 236 Å². The molecule has 0 amide bonds. The Labute approximate surface area is 251 Å². The molecule has 0 aromatic carbocycles. The topological polar surface area (TPSA) is 37.3 Å². The number of hydrogen-bond acceptors (Lipinski definition) is 1. The van der Waals surface area contributed by atoms with E-state index in [9.17, 15) is 0 Å². The van der Waals surface area contributed by atoms with E-state index in [2.05, 4.69) is 0 Å². The monoisotopic (exact) mass is 252 g/mol. The molecule has 0 unspecified atom stereocenters. The average Bonchev–Trinajstić information content (AvgIpc) is 0.811. The summed E-state index contributed by atoms with van der Waals surface area (Å²) >= 11 is 0. The molecule has 40 valence electrons. The number of carbonyl (C=O) groups is 1. The number of hydrogen-bond donors (Lipinski definition) is 1. The number of carboxylic acid groups (broad SMARTS) is 1. The third-order valence-electron chi connectivity index (χ3n) is 0. The maximum atomic E-state index is 9.00. The molecular weight excluding hydrogens is 240 g/mol. The van der Waals surface area contributed by atoms with Gasteiger partial charge in [-0.05, 0) is 0 Å². The molecule has 0 saturated heterocycles. The minimum atomic E-state index is -0.833. The van der Waals surface area contributed by atoms with Crippen LogP contribution in [-0.2, 0) is 4.79 Å². The molecule has 0 rings (SSSR count). The van der Waals surface area contributed by atoms with Gasteiger partial charge in [-0.2, -0.15) is 0 Å². The summed E-state index contributed by atoms with van der Waals surface area (Å²) in [5.41, 5.74) is 0. The summed E-state index contributed by atoms with van der Waals surface area (Å²) in [4.78, 5) is 9.00. The van der Waals surface area contributed by atoms with Crippen LogP contribution in [0.15, 0.2) is 0 Å². The first-order valence-corrected chi connectivity index (χ1v) is 0.928. The summed E-state index contributed by atoms with van der Waals surface area (Å²) in [6.07, 6.45) is 0. The first-order chi connectivity index (χ1) is 1.73. The number of rotatable bonds is 0. The normalized spacial score (nSPS) is 2.08. The van der Waals surface area contributed by atoms with Crippen LogP contribution in [0.4, 0.5) is 0 Å². The second-order valence-corrected chi connectivity index (χ2v) is 0.519. The van der Waals surface area contributed by atoms with Gasteiger partial charge in [0.1, 0.15) is 0 Å². The summed E-state index contributed by atoms with van der Waals surface area (Å²) < 4.78 is 0. The van der Waals surface area contributed by atoms with Crippen molar-refractivity contribution < 1.29 is 9.90 Å². The summed E-state index contributed by atoms with van der Waals surface area (Å²) in [6, 6.07) is 0.